The maximum atomic E-state index is 9.22. The van der Waals surface area contributed by atoms with Crippen LogP contribution in [-0.2, 0) is 6.61 Å². The largest absolute Gasteiger partial charge is 0.508 e. The maximum absolute atomic E-state index is 9.22. The SMILES string of the molecule is Oc1cccc(OCc2cnc(Br)s2)c1. The fourth-order valence-corrected chi connectivity index (χ4v) is 2.35. The van der Waals surface area contributed by atoms with Gasteiger partial charge in [0.1, 0.15) is 18.1 Å². The van der Waals surface area contributed by atoms with E-state index in [4.69, 9.17) is 4.74 Å². The first-order valence-electron chi connectivity index (χ1n) is 4.26. The fraction of sp³-hybridized carbons (Fsp3) is 0.100. The van der Waals surface area contributed by atoms with E-state index in [-0.39, 0.29) is 5.75 Å². The van der Waals surface area contributed by atoms with Crippen molar-refractivity contribution >= 4 is 27.3 Å². The number of benzene rings is 1. The minimum Gasteiger partial charge on any atom is -0.508 e. The second-order valence-electron chi connectivity index (χ2n) is 2.87. The highest BCUT2D eigenvalue weighted by molar-refractivity contribution is 9.11. The first kappa shape index (κ1) is 10.4. The summed E-state index contributed by atoms with van der Waals surface area (Å²) in [6.07, 6.45) is 1.76. The average Bonchev–Trinajstić information content (AvgIpc) is 2.62. The summed E-state index contributed by atoms with van der Waals surface area (Å²) in [5.74, 6) is 0.859. The Labute approximate surface area is 99.5 Å². The second-order valence-corrected chi connectivity index (χ2v) is 5.26. The van der Waals surface area contributed by atoms with Crippen molar-refractivity contribution in [3.8, 4) is 11.5 Å². The smallest absolute Gasteiger partial charge is 0.159 e. The standard InChI is InChI=1S/C10H8BrNO2S/c11-10-12-5-9(15-10)6-14-8-3-1-2-7(13)4-8/h1-5,13H,6H2. The average molecular weight is 286 g/mol. The van der Waals surface area contributed by atoms with Gasteiger partial charge in [0, 0.05) is 12.3 Å². The molecule has 2 rings (SSSR count). The third kappa shape index (κ3) is 2.94. The Kier molecular flexibility index (Phi) is 3.23. The van der Waals surface area contributed by atoms with Gasteiger partial charge in [0.2, 0.25) is 0 Å². The lowest BCUT2D eigenvalue weighted by Gasteiger charge is -2.03. The first-order valence-corrected chi connectivity index (χ1v) is 5.87. The van der Waals surface area contributed by atoms with Crippen molar-refractivity contribution in [1.29, 1.82) is 0 Å². The van der Waals surface area contributed by atoms with E-state index < -0.39 is 0 Å². The quantitative estimate of drug-likeness (QED) is 0.942. The summed E-state index contributed by atoms with van der Waals surface area (Å²) in [4.78, 5) is 5.08. The Bertz CT molecular complexity index is 458. The van der Waals surface area contributed by atoms with Crippen LogP contribution in [0.25, 0.3) is 0 Å². The number of hydrogen-bond donors (Lipinski definition) is 1. The molecule has 15 heavy (non-hydrogen) atoms. The Morgan fingerprint density at radius 1 is 1.47 bits per heavy atom. The number of ether oxygens (including phenoxy) is 1. The van der Waals surface area contributed by atoms with Gasteiger partial charge in [0.05, 0.1) is 4.88 Å². The molecule has 78 valence electrons. The van der Waals surface area contributed by atoms with Crippen LogP contribution >= 0.6 is 27.3 Å². The van der Waals surface area contributed by atoms with Gasteiger partial charge < -0.3 is 9.84 Å². The van der Waals surface area contributed by atoms with Gasteiger partial charge in [-0.25, -0.2) is 4.98 Å². The first-order chi connectivity index (χ1) is 7.24. The molecule has 1 heterocycles. The summed E-state index contributed by atoms with van der Waals surface area (Å²) in [7, 11) is 0. The van der Waals surface area contributed by atoms with E-state index in [1.165, 1.54) is 11.3 Å². The summed E-state index contributed by atoms with van der Waals surface area (Å²) in [5, 5.41) is 9.22. The predicted octanol–water partition coefficient (Wildman–Crippen LogP) is 3.19. The lowest BCUT2D eigenvalue weighted by atomic mass is 10.3. The molecule has 0 amide bonds. The third-order valence-corrected chi connectivity index (χ3v) is 3.17. The highest BCUT2D eigenvalue weighted by Gasteiger charge is 2.00. The molecule has 3 nitrogen and oxygen atoms in total. The van der Waals surface area contributed by atoms with Crippen molar-refractivity contribution in [2.75, 3.05) is 0 Å². The van der Waals surface area contributed by atoms with Crippen LogP contribution < -0.4 is 4.74 Å². The van der Waals surface area contributed by atoms with Gasteiger partial charge in [0.15, 0.2) is 3.92 Å². The van der Waals surface area contributed by atoms with Gasteiger partial charge in [-0.05, 0) is 28.1 Å². The van der Waals surface area contributed by atoms with Crippen LogP contribution in [0.15, 0.2) is 34.4 Å². The van der Waals surface area contributed by atoms with E-state index in [9.17, 15) is 5.11 Å². The number of thiazole rings is 1. The van der Waals surface area contributed by atoms with Gasteiger partial charge in [-0.3, -0.25) is 0 Å². The molecule has 0 aliphatic carbocycles. The van der Waals surface area contributed by atoms with Crippen LogP contribution in [0, 0.1) is 0 Å². The molecule has 0 bridgehead atoms. The number of phenols is 1. The van der Waals surface area contributed by atoms with Gasteiger partial charge in [0.25, 0.3) is 0 Å². The number of aromatic nitrogens is 1. The number of phenolic OH excluding ortho intramolecular Hbond substituents is 1. The molecule has 0 saturated carbocycles. The Hall–Kier alpha value is -1.07. The van der Waals surface area contributed by atoms with Crippen LogP contribution in [0.3, 0.4) is 0 Å². The molecule has 1 N–H and O–H groups in total. The van der Waals surface area contributed by atoms with Crippen molar-refractivity contribution < 1.29 is 9.84 Å². The van der Waals surface area contributed by atoms with Crippen molar-refractivity contribution in [3.63, 3.8) is 0 Å². The van der Waals surface area contributed by atoms with Crippen molar-refractivity contribution in [2.24, 2.45) is 0 Å². The topological polar surface area (TPSA) is 42.4 Å². The number of hydrogen-bond acceptors (Lipinski definition) is 4. The predicted molar refractivity (Wildman–Crippen MR) is 62.3 cm³/mol. The Morgan fingerprint density at radius 2 is 2.33 bits per heavy atom. The van der Waals surface area contributed by atoms with Crippen LogP contribution in [0.2, 0.25) is 0 Å². The van der Waals surface area contributed by atoms with Crippen LogP contribution in [-0.4, -0.2) is 10.1 Å². The summed E-state index contributed by atoms with van der Waals surface area (Å²) in [6, 6.07) is 6.73. The molecule has 0 unspecified atom stereocenters. The third-order valence-electron chi connectivity index (χ3n) is 1.72. The molecule has 0 fully saturated rings. The Morgan fingerprint density at radius 3 is 3.00 bits per heavy atom. The molecule has 0 spiro atoms. The molecule has 2 aromatic rings. The second kappa shape index (κ2) is 4.63. The van der Waals surface area contributed by atoms with E-state index in [0.717, 1.165) is 8.79 Å². The van der Waals surface area contributed by atoms with Crippen LogP contribution in [0.1, 0.15) is 4.88 Å². The Balaban J connectivity index is 1.99. The van der Waals surface area contributed by atoms with Gasteiger partial charge in [-0.15, -0.1) is 11.3 Å². The molecule has 5 heteroatoms. The van der Waals surface area contributed by atoms with E-state index in [2.05, 4.69) is 20.9 Å². The molecule has 0 atom stereocenters. The highest BCUT2D eigenvalue weighted by Crippen LogP contribution is 2.22. The molecular formula is C10H8BrNO2S. The fourth-order valence-electron chi connectivity index (χ4n) is 1.08. The summed E-state index contributed by atoms with van der Waals surface area (Å²) in [5.41, 5.74) is 0. The zero-order chi connectivity index (χ0) is 10.7. The maximum Gasteiger partial charge on any atom is 0.159 e. The molecule has 1 aromatic carbocycles. The number of rotatable bonds is 3. The van der Waals surface area contributed by atoms with Gasteiger partial charge >= 0.3 is 0 Å². The minimum atomic E-state index is 0.206. The zero-order valence-corrected chi connectivity index (χ0v) is 10.1. The number of nitrogens with zero attached hydrogens (tertiary/aromatic N) is 1. The lowest BCUT2D eigenvalue weighted by Crippen LogP contribution is -1.92. The molecule has 1 aromatic heterocycles. The van der Waals surface area contributed by atoms with Crippen molar-refractivity contribution in [2.45, 2.75) is 6.61 Å². The lowest BCUT2D eigenvalue weighted by molar-refractivity contribution is 0.307. The van der Waals surface area contributed by atoms with Crippen molar-refractivity contribution in [3.05, 3.63) is 39.3 Å². The van der Waals surface area contributed by atoms with E-state index in [1.807, 2.05) is 0 Å². The van der Waals surface area contributed by atoms with Crippen molar-refractivity contribution in [1.82, 2.24) is 4.98 Å². The van der Waals surface area contributed by atoms with Gasteiger partial charge in [-0.1, -0.05) is 6.07 Å². The van der Waals surface area contributed by atoms with E-state index in [0.29, 0.717) is 12.4 Å². The van der Waals surface area contributed by atoms with Gasteiger partial charge in [-0.2, -0.15) is 0 Å². The zero-order valence-electron chi connectivity index (χ0n) is 7.68. The van der Waals surface area contributed by atoms with E-state index >= 15 is 0 Å². The molecule has 0 saturated heterocycles. The summed E-state index contributed by atoms with van der Waals surface area (Å²) < 4.78 is 6.32. The molecule has 0 aliphatic heterocycles. The monoisotopic (exact) mass is 285 g/mol. The molecule has 0 radical (unpaired) electrons. The number of halogens is 1. The molecule has 0 aliphatic rings. The normalized spacial score (nSPS) is 10.2. The van der Waals surface area contributed by atoms with E-state index in [1.54, 1.807) is 30.5 Å². The summed E-state index contributed by atoms with van der Waals surface area (Å²) in [6.45, 7) is 0.465. The summed E-state index contributed by atoms with van der Waals surface area (Å²) >= 11 is 4.81. The highest BCUT2D eigenvalue weighted by atomic mass is 79.9. The minimum absolute atomic E-state index is 0.206. The molecular weight excluding hydrogens is 278 g/mol. The number of aromatic hydroxyl groups is 1. The van der Waals surface area contributed by atoms with Crippen LogP contribution in [0.5, 0.6) is 11.5 Å². The van der Waals surface area contributed by atoms with Crippen LogP contribution in [0.4, 0.5) is 0 Å².